The van der Waals surface area contributed by atoms with E-state index in [1.165, 1.54) is 11.1 Å². The van der Waals surface area contributed by atoms with Gasteiger partial charge >= 0.3 is 0 Å². The minimum atomic E-state index is -0.405. The number of hydrogen-bond donors (Lipinski definition) is 0. The molecule has 4 nitrogen and oxygen atoms in total. The number of thioether (sulfide) groups is 1. The molecule has 1 aromatic rings. The van der Waals surface area contributed by atoms with E-state index in [2.05, 4.69) is 32.0 Å². The molecule has 2 saturated heterocycles. The highest BCUT2D eigenvalue weighted by atomic mass is 32.2. The summed E-state index contributed by atoms with van der Waals surface area (Å²) in [4.78, 5) is 15.4. The zero-order valence-electron chi connectivity index (χ0n) is 13.3. The molecule has 0 saturated carbocycles. The molecule has 0 atom stereocenters. The zero-order valence-corrected chi connectivity index (χ0v) is 14.1. The average Bonchev–Trinajstić information content (AvgIpc) is 2.97. The molecule has 1 spiro atoms. The summed E-state index contributed by atoms with van der Waals surface area (Å²) in [6.45, 7) is 7.02. The summed E-state index contributed by atoms with van der Waals surface area (Å²) in [7, 11) is 0. The molecule has 5 heteroatoms. The minimum absolute atomic E-state index is 0.205. The summed E-state index contributed by atoms with van der Waals surface area (Å²) in [5.74, 6) is 0.297. The lowest BCUT2D eigenvalue weighted by atomic mass is 10.0. The van der Waals surface area contributed by atoms with Crippen molar-refractivity contribution in [1.29, 1.82) is 0 Å². The second kappa shape index (κ2) is 6.60. The van der Waals surface area contributed by atoms with Gasteiger partial charge in [0.2, 0.25) is 5.91 Å². The maximum atomic E-state index is 12.4. The van der Waals surface area contributed by atoms with Crippen LogP contribution in [0.4, 0.5) is 0 Å². The molecule has 1 amide bonds. The van der Waals surface area contributed by atoms with Crippen molar-refractivity contribution >= 4 is 17.7 Å². The van der Waals surface area contributed by atoms with Gasteiger partial charge in [0, 0.05) is 30.8 Å². The molecule has 2 aliphatic heterocycles. The summed E-state index contributed by atoms with van der Waals surface area (Å²) in [5, 5.41) is 0. The lowest BCUT2D eigenvalue weighted by molar-refractivity contribution is -0.186. The van der Waals surface area contributed by atoms with Gasteiger partial charge in [0.25, 0.3) is 0 Å². The molecular formula is C17H23NO3S. The Kier molecular flexibility index (Phi) is 4.76. The molecule has 0 unspecified atom stereocenters. The summed E-state index contributed by atoms with van der Waals surface area (Å²) in [6.07, 6.45) is 1.57. The van der Waals surface area contributed by atoms with Crippen molar-refractivity contribution in [2.45, 2.75) is 37.4 Å². The van der Waals surface area contributed by atoms with Crippen molar-refractivity contribution in [2.75, 3.05) is 32.1 Å². The number of benzene rings is 1. The summed E-state index contributed by atoms with van der Waals surface area (Å²) < 4.78 is 11.4. The molecule has 2 fully saturated rings. The van der Waals surface area contributed by atoms with Gasteiger partial charge in [-0.2, -0.15) is 0 Å². The summed E-state index contributed by atoms with van der Waals surface area (Å²) in [6, 6.07) is 6.35. The van der Waals surface area contributed by atoms with Crippen LogP contribution in [0.25, 0.3) is 0 Å². The van der Waals surface area contributed by atoms with Gasteiger partial charge in [0.1, 0.15) is 0 Å². The molecule has 1 aromatic carbocycles. The van der Waals surface area contributed by atoms with Gasteiger partial charge in [-0.3, -0.25) is 4.79 Å². The third-order valence-electron chi connectivity index (χ3n) is 4.53. The number of ether oxygens (including phenoxy) is 2. The maximum Gasteiger partial charge on any atom is 0.232 e. The number of hydrogen-bond acceptors (Lipinski definition) is 4. The van der Waals surface area contributed by atoms with Crippen LogP contribution >= 0.6 is 11.8 Å². The van der Waals surface area contributed by atoms with Crippen LogP contribution in [0.5, 0.6) is 0 Å². The quantitative estimate of drug-likeness (QED) is 0.803. The lowest BCUT2D eigenvalue weighted by Crippen LogP contribution is -2.47. The van der Waals surface area contributed by atoms with Gasteiger partial charge in [-0.1, -0.05) is 6.07 Å². The Labute approximate surface area is 136 Å². The highest BCUT2D eigenvalue weighted by Crippen LogP contribution is 2.31. The number of aryl methyl sites for hydroxylation is 2. The molecular weight excluding hydrogens is 298 g/mol. The predicted octanol–water partition coefficient (Wildman–Crippen LogP) is 2.76. The van der Waals surface area contributed by atoms with Gasteiger partial charge in [-0.05, 0) is 37.1 Å². The molecule has 2 heterocycles. The van der Waals surface area contributed by atoms with Gasteiger partial charge < -0.3 is 14.4 Å². The molecule has 0 bridgehead atoms. The molecule has 0 aromatic heterocycles. The number of piperidine rings is 1. The Morgan fingerprint density at radius 2 is 1.86 bits per heavy atom. The van der Waals surface area contributed by atoms with Crippen molar-refractivity contribution in [3.63, 3.8) is 0 Å². The summed E-state index contributed by atoms with van der Waals surface area (Å²) in [5.41, 5.74) is 2.56. The van der Waals surface area contributed by atoms with Crippen LogP contribution < -0.4 is 0 Å². The standard InChI is InChI=1S/C17H23NO3S/c1-13-3-4-15(11-14(13)2)22-12-16(19)18-7-5-17(6-8-18)20-9-10-21-17/h3-4,11H,5-10,12H2,1-2H3. The van der Waals surface area contributed by atoms with E-state index < -0.39 is 5.79 Å². The van der Waals surface area contributed by atoms with Gasteiger partial charge in [-0.15, -0.1) is 11.8 Å². The van der Waals surface area contributed by atoms with Crippen LogP contribution in [0.2, 0.25) is 0 Å². The van der Waals surface area contributed by atoms with Crippen molar-refractivity contribution in [3.05, 3.63) is 29.3 Å². The monoisotopic (exact) mass is 321 g/mol. The highest BCUT2D eigenvalue weighted by Gasteiger charge is 2.40. The van der Waals surface area contributed by atoms with Gasteiger partial charge in [0.15, 0.2) is 5.79 Å². The van der Waals surface area contributed by atoms with E-state index in [0.717, 1.165) is 30.8 Å². The number of rotatable bonds is 3. The Hall–Kier alpha value is -1.04. The molecule has 0 radical (unpaired) electrons. The van der Waals surface area contributed by atoms with Crippen molar-refractivity contribution in [1.82, 2.24) is 4.90 Å². The zero-order chi connectivity index (χ0) is 15.6. The lowest BCUT2D eigenvalue weighted by Gasteiger charge is -2.37. The molecule has 0 N–H and O–H groups in total. The molecule has 3 rings (SSSR count). The van der Waals surface area contributed by atoms with Crippen molar-refractivity contribution in [3.8, 4) is 0 Å². The van der Waals surface area contributed by atoms with Gasteiger partial charge in [-0.25, -0.2) is 0 Å². The second-order valence-corrected chi connectivity index (χ2v) is 7.07. The van der Waals surface area contributed by atoms with E-state index in [4.69, 9.17) is 9.47 Å². The SMILES string of the molecule is Cc1ccc(SCC(=O)N2CCC3(CC2)OCCO3)cc1C. The fourth-order valence-corrected chi connectivity index (χ4v) is 3.82. The fourth-order valence-electron chi connectivity index (χ4n) is 2.92. The van der Waals surface area contributed by atoms with Crippen LogP contribution in [0.15, 0.2) is 23.1 Å². The van der Waals surface area contributed by atoms with Crippen LogP contribution in [0, 0.1) is 13.8 Å². The first kappa shape index (κ1) is 15.8. The van der Waals surface area contributed by atoms with E-state index in [0.29, 0.717) is 19.0 Å². The normalized spacial score (nSPS) is 20.5. The fraction of sp³-hybridized carbons (Fsp3) is 0.588. The Bertz CT molecular complexity index is 545. The van der Waals surface area contributed by atoms with E-state index in [1.54, 1.807) is 11.8 Å². The molecule has 2 aliphatic rings. The number of likely N-dealkylation sites (tertiary alicyclic amines) is 1. The Morgan fingerprint density at radius 1 is 1.18 bits per heavy atom. The predicted molar refractivity (Wildman–Crippen MR) is 87.1 cm³/mol. The third kappa shape index (κ3) is 3.47. The molecule has 120 valence electrons. The van der Waals surface area contributed by atoms with Gasteiger partial charge in [0.05, 0.1) is 19.0 Å². The third-order valence-corrected chi connectivity index (χ3v) is 5.51. The van der Waals surface area contributed by atoms with Crippen LogP contribution in [0.3, 0.4) is 0 Å². The summed E-state index contributed by atoms with van der Waals surface area (Å²) >= 11 is 1.62. The van der Waals surface area contributed by atoms with Crippen LogP contribution in [-0.2, 0) is 14.3 Å². The number of carbonyl (C=O) groups is 1. The second-order valence-electron chi connectivity index (χ2n) is 6.02. The first-order valence-electron chi connectivity index (χ1n) is 7.84. The van der Waals surface area contributed by atoms with Crippen LogP contribution in [-0.4, -0.2) is 48.7 Å². The van der Waals surface area contributed by atoms with Crippen LogP contribution in [0.1, 0.15) is 24.0 Å². The average molecular weight is 321 g/mol. The maximum absolute atomic E-state index is 12.4. The Balaban J connectivity index is 1.49. The molecule has 22 heavy (non-hydrogen) atoms. The first-order chi connectivity index (χ1) is 10.6. The first-order valence-corrected chi connectivity index (χ1v) is 8.82. The van der Waals surface area contributed by atoms with Crippen molar-refractivity contribution < 1.29 is 14.3 Å². The Morgan fingerprint density at radius 3 is 2.50 bits per heavy atom. The molecule has 0 aliphatic carbocycles. The minimum Gasteiger partial charge on any atom is -0.347 e. The number of amides is 1. The number of nitrogens with zero attached hydrogens (tertiary/aromatic N) is 1. The van der Waals surface area contributed by atoms with E-state index >= 15 is 0 Å². The van der Waals surface area contributed by atoms with E-state index in [9.17, 15) is 4.79 Å². The highest BCUT2D eigenvalue weighted by molar-refractivity contribution is 8.00. The number of carbonyl (C=O) groups excluding carboxylic acids is 1. The largest absolute Gasteiger partial charge is 0.347 e. The smallest absolute Gasteiger partial charge is 0.232 e. The van der Waals surface area contributed by atoms with Crippen molar-refractivity contribution in [2.24, 2.45) is 0 Å². The topological polar surface area (TPSA) is 38.8 Å². The van der Waals surface area contributed by atoms with E-state index in [-0.39, 0.29) is 5.91 Å². The van der Waals surface area contributed by atoms with E-state index in [1.807, 2.05) is 4.90 Å².